The predicted octanol–water partition coefficient (Wildman–Crippen LogP) is 2.19. The Morgan fingerprint density at radius 3 is 2.87 bits per heavy atom. The van der Waals surface area contributed by atoms with E-state index in [1.165, 1.54) is 30.5 Å². The van der Waals surface area contributed by atoms with Crippen molar-refractivity contribution in [3.05, 3.63) is 35.4 Å². The number of benzene rings is 1. The predicted molar refractivity (Wildman–Crippen MR) is 94.3 cm³/mol. The lowest BCUT2D eigenvalue weighted by Gasteiger charge is -2.31. The number of aliphatic hydroxyl groups is 1. The largest absolute Gasteiger partial charge is 0.396 e. The Bertz CT molecular complexity index is 439. The van der Waals surface area contributed by atoms with Crippen LogP contribution in [-0.4, -0.2) is 49.5 Å². The van der Waals surface area contributed by atoms with E-state index in [1.807, 2.05) is 0 Å². The molecule has 1 fully saturated rings. The number of likely N-dealkylation sites (tertiary alicyclic amines) is 1. The van der Waals surface area contributed by atoms with Crippen LogP contribution < -0.4 is 5.73 Å². The lowest BCUT2D eigenvalue weighted by atomic mass is 9.99. The van der Waals surface area contributed by atoms with Crippen LogP contribution in [0.3, 0.4) is 0 Å². The molecule has 4 nitrogen and oxygen atoms in total. The quantitative estimate of drug-likeness (QED) is 0.649. The Morgan fingerprint density at radius 1 is 1.22 bits per heavy atom. The van der Waals surface area contributed by atoms with Crippen molar-refractivity contribution in [2.45, 2.75) is 38.6 Å². The van der Waals surface area contributed by atoms with Gasteiger partial charge in [0.15, 0.2) is 0 Å². The van der Waals surface area contributed by atoms with Crippen LogP contribution in [0.1, 0.15) is 36.8 Å². The molecule has 1 atom stereocenters. The van der Waals surface area contributed by atoms with E-state index in [0.717, 1.165) is 45.6 Å². The summed E-state index contributed by atoms with van der Waals surface area (Å²) in [6.45, 7) is 5.92. The molecule has 0 saturated carbocycles. The summed E-state index contributed by atoms with van der Waals surface area (Å²) < 4.78 is 5.76. The molecule has 1 aromatic rings. The fraction of sp³-hybridized carbons (Fsp3) is 0.684. The molecule has 1 saturated heterocycles. The zero-order valence-electron chi connectivity index (χ0n) is 14.3. The molecule has 0 bridgehead atoms. The van der Waals surface area contributed by atoms with Gasteiger partial charge in [0.2, 0.25) is 0 Å². The van der Waals surface area contributed by atoms with Crippen molar-refractivity contribution >= 4 is 0 Å². The summed E-state index contributed by atoms with van der Waals surface area (Å²) in [6, 6.07) is 8.50. The topological polar surface area (TPSA) is 58.7 Å². The number of ether oxygens (including phenoxy) is 1. The van der Waals surface area contributed by atoms with Crippen LogP contribution in [0, 0.1) is 5.92 Å². The summed E-state index contributed by atoms with van der Waals surface area (Å²) in [5.74, 6) is 0.481. The zero-order valence-corrected chi connectivity index (χ0v) is 14.3. The van der Waals surface area contributed by atoms with Crippen LogP contribution in [0.25, 0.3) is 0 Å². The molecular formula is C19H32N2O2. The molecule has 1 aromatic carbocycles. The van der Waals surface area contributed by atoms with Crippen molar-refractivity contribution < 1.29 is 9.84 Å². The van der Waals surface area contributed by atoms with Crippen molar-refractivity contribution in [3.63, 3.8) is 0 Å². The van der Waals surface area contributed by atoms with Crippen molar-refractivity contribution in [1.82, 2.24) is 4.90 Å². The second-order valence-electron chi connectivity index (χ2n) is 6.58. The van der Waals surface area contributed by atoms with Gasteiger partial charge < -0.3 is 20.5 Å². The molecule has 0 aromatic heterocycles. The molecule has 1 aliphatic rings. The van der Waals surface area contributed by atoms with Gasteiger partial charge in [-0.05, 0) is 55.7 Å². The number of hydrogen-bond acceptors (Lipinski definition) is 4. The van der Waals surface area contributed by atoms with Crippen LogP contribution in [0.2, 0.25) is 0 Å². The molecule has 1 unspecified atom stereocenters. The first-order valence-electron chi connectivity index (χ1n) is 9.00. The van der Waals surface area contributed by atoms with Crippen molar-refractivity contribution in [2.75, 3.05) is 39.5 Å². The number of piperidine rings is 1. The van der Waals surface area contributed by atoms with Gasteiger partial charge in [0.25, 0.3) is 0 Å². The smallest absolute Gasteiger partial charge is 0.0478 e. The van der Waals surface area contributed by atoms with E-state index in [4.69, 9.17) is 10.5 Å². The molecule has 0 aliphatic carbocycles. The van der Waals surface area contributed by atoms with Gasteiger partial charge in [-0.1, -0.05) is 24.3 Å². The first kappa shape index (κ1) is 18.4. The average molecular weight is 320 g/mol. The Labute approximate surface area is 140 Å². The van der Waals surface area contributed by atoms with Crippen LogP contribution in [-0.2, 0) is 17.7 Å². The fourth-order valence-corrected chi connectivity index (χ4v) is 3.29. The molecule has 3 N–H and O–H groups in total. The lowest BCUT2D eigenvalue weighted by Crippen LogP contribution is -2.37. The summed E-state index contributed by atoms with van der Waals surface area (Å²) in [5, 5.41) is 9.25. The summed E-state index contributed by atoms with van der Waals surface area (Å²) in [5.41, 5.74) is 8.21. The maximum absolute atomic E-state index is 9.25. The van der Waals surface area contributed by atoms with E-state index >= 15 is 0 Å². The molecule has 0 amide bonds. The number of rotatable bonds is 10. The van der Waals surface area contributed by atoms with Crippen LogP contribution >= 0.6 is 0 Å². The summed E-state index contributed by atoms with van der Waals surface area (Å²) in [6.07, 6.45) is 5.59. The maximum atomic E-state index is 9.25. The third-order valence-corrected chi connectivity index (χ3v) is 4.61. The number of aliphatic hydroxyl groups excluding tert-OH is 1. The minimum absolute atomic E-state index is 0.332. The first-order chi connectivity index (χ1) is 11.3. The van der Waals surface area contributed by atoms with Crippen molar-refractivity contribution in [1.29, 1.82) is 0 Å². The molecule has 0 radical (unpaired) electrons. The Morgan fingerprint density at radius 2 is 2.04 bits per heavy atom. The van der Waals surface area contributed by atoms with Gasteiger partial charge in [0.05, 0.1) is 0 Å². The number of aryl methyl sites for hydroxylation is 1. The second kappa shape index (κ2) is 10.8. The van der Waals surface area contributed by atoms with Crippen LogP contribution in [0.15, 0.2) is 24.3 Å². The number of hydrogen-bond donors (Lipinski definition) is 2. The highest BCUT2D eigenvalue weighted by Gasteiger charge is 2.18. The van der Waals surface area contributed by atoms with Gasteiger partial charge in [-0.3, -0.25) is 0 Å². The monoisotopic (exact) mass is 320 g/mol. The Hall–Kier alpha value is -0.940. The van der Waals surface area contributed by atoms with E-state index < -0.39 is 0 Å². The van der Waals surface area contributed by atoms with Gasteiger partial charge in [-0.25, -0.2) is 0 Å². The normalized spacial score (nSPS) is 19.1. The summed E-state index contributed by atoms with van der Waals surface area (Å²) >= 11 is 0. The van der Waals surface area contributed by atoms with Gasteiger partial charge in [-0.15, -0.1) is 0 Å². The van der Waals surface area contributed by atoms with E-state index in [-0.39, 0.29) is 0 Å². The molecular weight excluding hydrogens is 288 g/mol. The third kappa shape index (κ3) is 7.00. The highest BCUT2D eigenvalue weighted by Crippen LogP contribution is 2.15. The highest BCUT2D eigenvalue weighted by atomic mass is 16.5. The molecule has 4 heteroatoms. The van der Waals surface area contributed by atoms with Gasteiger partial charge in [0, 0.05) is 39.5 Å². The Kier molecular flexibility index (Phi) is 8.61. The molecule has 1 aliphatic heterocycles. The van der Waals surface area contributed by atoms with Crippen LogP contribution in [0.4, 0.5) is 0 Å². The van der Waals surface area contributed by atoms with Crippen LogP contribution in [0.5, 0.6) is 0 Å². The minimum atomic E-state index is 0.332. The number of nitrogens with zero attached hydrogens (tertiary/aromatic N) is 1. The maximum Gasteiger partial charge on any atom is 0.0478 e. The molecule has 1 heterocycles. The Balaban J connectivity index is 1.49. The SMILES string of the molecule is NCc1cccc(CCCOCCCN2CCCC(CO)C2)c1. The van der Waals surface area contributed by atoms with E-state index in [0.29, 0.717) is 19.1 Å². The summed E-state index contributed by atoms with van der Waals surface area (Å²) in [7, 11) is 0. The average Bonchev–Trinajstić information content (AvgIpc) is 2.61. The number of nitrogens with two attached hydrogens (primary N) is 1. The highest BCUT2D eigenvalue weighted by molar-refractivity contribution is 5.23. The molecule has 130 valence electrons. The van der Waals surface area contributed by atoms with Gasteiger partial charge >= 0.3 is 0 Å². The zero-order chi connectivity index (χ0) is 16.3. The second-order valence-corrected chi connectivity index (χ2v) is 6.58. The summed E-state index contributed by atoms with van der Waals surface area (Å²) in [4.78, 5) is 2.46. The third-order valence-electron chi connectivity index (χ3n) is 4.61. The van der Waals surface area contributed by atoms with Gasteiger partial charge in [0.1, 0.15) is 0 Å². The minimum Gasteiger partial charge on any atom is -0.396 e. The lowest BCUT2D eigenvalue weighted by molar-refractivity contribution is 0.0937. The standard InChI is InChI=1S/C19H32N2O2/c20-14-18-6-1-5-17(13-18)8-3-11-23-12-4-10-21-9-2-7-19(15-21)16-22/h1,5-6,13,19,22H,2-4,7-12,14-16,20H2. The van der Waals surface area contributed by atoms with E-state index in [1.54, 1.807) is 0 Å². The van der Waals surface area contributed by atoms with E-state index in [2.05, 4.69) is 29.2 Å². The first-order valence-corrected chi connectivity index (χ1v) is 9.00. The molecule has 2 rings (SSSR count). The van der Waals surface area contributed by atoms with Crippen molar-refractivity contribution in [3.8, 4) is 0 Å². The molecule has 0 spiro atoms. The fourth-order valence-electron chi connectivity index (χ4n) is 3.29. The van der Waals surface area contributed by atoms with Gasteiger partial charge in [-0.2, -0.15) is 0 Å². The van der Waals surface area contributed by atoms with Crippen molar-refractivity contribution in [2.24, 2.45) is 11.7 Å². The van der Waals surface area contributed by atoms with E-state index in [9.17, 15) is 5.11 Å². The molecule has 23 heavy (non-hydrogen) atoms.